The summed E-state index contributed by atoms with van der Waals surface area (Å²) in [4.78, 5) is 36.4. The van der Waals surface area contributed by atoms with Crippen LogP contribution in [0.2, 0.25) is 5.02 Å². The molecule has 4 N–H and O–H groups in total. The molecule has 3 rings (SSSR count). The van der Waals surface area contributed by atoms with Crippen molar-refractivity contribution in [2.45, 2.75) is 33.0 Å². The molecule has 0 spiro atoms. The van der Waals surface area contributed by atoms with Crippen LogP contribution in [0.25, 0.3) is 0 Å². The van der Waals surface area contributed by atoms with E-state index >= 15 is 0 Å². The molecule has 3 aromatic rings. The molecule has 0 bridgehead atoms. The predicted molar refractivity (Wildman–Crippen MR) is 134 cm³/mol. The van der Waals surface area contributed by atoms with Crippen LogP contribution in [-0.2, 0) is 13.2 Å². The molecule has 35 heavy (non-hydrogen) atoms. The van der Waals surface area contributed by atoms with Gasteiger partial charge in [0.25, 0.3) is 11.8 Å². The van der Waals surface area contributed by atoms with Gasteiger partial charge in [0.15, 0.2) is 0 Å². The topological polar surface area (TPSA) is 109 Å². The summed E-state index contributed by atoms with van der Waals surface area (Å²) in [7, 11) is 0. The highest BCUT2D eigenvalue weighted by atomic mass is 35.5. The van der Waals surface area contributed by atoms with E-state index in [4.69, 9.17) is 16.3 Å². The minimum atomic E-state index is -0.455. The zero-order valence-electron chi connectivity index (χ0n) is 19.4. The van der Waals surface area contributed by atoms with E-state index in [0.717, 1.165) is 11.1 Å². The van der Waals surface area contributed by atoms with Gasteiger partial charge in [0.1, 0.15) is 12.4 Å². The minimum absolute atomic E-state index is 0.0448. The molecule has 0 unspecified atom stereocenters. The average molecular weight is 495 g/mol. The smallest absolute Gasteiger partial charge is 0.315 e. The third-order valence-corrected chi connectivity index (χ3v) is 5.07. The monoisotopic (exact) mass is 494 g/mol. The number of hydrazine groups is 1. The van der Waals surface area contributed by atoms with E-state index in [1.165, 1.54) is 0 Å². The molecule has 0 atom stereocenters. The Morgan fingerprint density at radius 1 is 0.771 bits per heavy atom. The molecule has 0 aliphatic heterocycles. The minimum Gasteiger partial charge on any atom is -0.489 e. The van der Waals surface area contributed by atoms with E-state index in [1.807, 2.05) is 13.8 Å². The molecule has 3 aromatic carbocycles. The standard InChI is InChI=1S/C26H27ClN4O4/c1-17(2)29-26(34)28-15-18-3-7-20(8-4-18)24(32)30-31-25(33)21-9-5-19(6-10-21)16-35-23-13-11-22(27)12-14-23/h3-14,17H,15-16H2,1-2H3,(H,30,32)(H,31,33)(H2,28,29,34). The zero-order valence-corrected chi connectivity index (χ0v) is 20.2. The van der Waals surface area contributed by atoms with Crippen molar-refractivity contribution < 1.29 is 19.1 Å². The van der Waals surface area contributed by atoms with Gasteiger partial charge in [0, 0.05) is 28.7 Å². The van der Waals surface area contributed by atoms with Crippen LogP contribution < -0.4 is 26.2 Å². The number of hydrogen-bond acceptors (Lipinski definition) is 4. The fourth-order valence-corrected chi connectivity index (χ4v) is 3.10. The number of amides is 4. The Balaban J connectivity index is 1.44. The van der Waals surface area contributed by atoms with Gasteiger partial charge in [-0.25, -0.2) is 4.79 Å². The molecule has 0 fully saturated rings. The van der Waals surface area contributed by atoms with Crippen LogP contribution in [0.15, 0.2) is 72.8 Å². The van der Waals surface area contributed by atoms with Gasteiger partial charge in [-0.3, -0.25) is 20.4 Å². The quantitative estimate of drug-likeness (QED) is 0.352. The zero-order chi connectivity index (χ0) is 25.2. The molecular weight excluding hydrogens is 468 g/mol. The second-order valence-electron chi connectivity index (χ2n) is 8.03. The first-order valence-corrected chi connectivity index (χ1v) is 11.4. The molecule has 0 aliphatic rings. The summed E-state index contributed by atoms with van der Waals surface area (Å²) >= 11 is 5.86. The molecular formula is C26H27ClN4O4. The maximum Gasteiger partial charge on any atom is 0.315 e. The maximum absolute atomic E-state index is 12.4. The van der Waals surface area contributed by atoms with E-state index in [2.05, 4.69) is 21.5 Å². The van der Waals surface area contributed by atoms with Crippen molar-refractivity contribution in [3.05, 3.63) is 100 Å². The van der Waals surface area contributed by atoms with Crippen molar-refractivity contribution in [1.82, 2.24) is 21.5 Å². The summed E-state index contributed by atoms with van der Waals surface area (Å²) in [5, 5.41) is 6.11. The molecule has 182 valence electrons. The highest BCUT2D eigenvalue weighted by molar-refractivity contribution is 6.30. The second-order valence-corrected chi connectivity index (χ2v) is 8.46. The fraction of sp³-hybridized carbons (Fsp3) is 0.192. The van der Waals surface area contributed by atoms with Gasteiger partial charge in [-0.15, -0.1) is 0 Å². The summed E-state index contributed by atoms with van der Waals surface area (Å²) in [6, 6.07) is 20.4. The summed E-state index contributed by atoms with van der Waals surface area (Å²) < 4.78 is 5.69. The number of rotatable bonds is 8. The van der Waals surface area contributed by atoms with Gasteiger partial charge in [-0.05, 0) is 73.5 Å². The third kappa shape index (κ3) is 8.35. The first-order valence-electron chi connectivity index (χ1n) is 11.0. The number of benzene rings is 3. The summed E-state index contributed by atoms with van der Waals surface area (Å²) in [6.45, 7) is 4.42. The van der Waals surface area contributed by atoms with Crippen LogP contribution in [0, 0.1) is 0 Å². The Bertz CT molecular complexity index is 1150. The summed E-state index contributed by atoms with van der Waals surface area (Å²) in [6.07, 6.45) is 0. The number of ether oxygens (including phenoxy) is 1. The van der Waals surface area contributed by atoms with Gasteiger partial charge >= 0.3 is 6.03 Å². The van der Waals surface area contributed by atoms with E-state index in [9.17, 15) is 14.4 Å². The number of halogens is 1. The fourth-order valence-electron chi connectivity index (χ4n) is 2.98. The van der Waals surface area contributed by atoms with Crippen LogP contribution in [0.5, 0.6) is 5.75 Å². The lowest BCUT2D eigenvalue weighted by Crippen LogP contribution is -2.41. The SMILES string of the molecule is CC(C)NC(=O)NCc1ccc(C(=O)NNC(=O)c2ccc(COc3ccc(Cl)cc3)cc2)cc1. The van der Waals surface area contributed by atoms with Crippen molar-refractivity contribution >= 4 is 29.4 Å². The molecule has 0 aromatic heterocycles. The van der Waals surface area contributed by atoms with E-state index < -0.39 is 11.8 Å². The van der Waals surface area contributed by atoms with Gasteiger partial charge in [0.05, 0.1) is 0 Å². The van der Waals surface area contributed by atoms with Crippen LogP contribution >= 0.6 is 11.6 Å². The lowest BCUT2D eigenvalue weighted by molar-refractivity contribution is 0.0846. The molecule has 0 radical (unpaired) electrons. The first-order chi connectivity index (χ1) is 16.8. The van der Waals surface area contributed by atoms with Gasteiger partial charge in [-0.2, -0.15) is 0 Å². The van der Waals surface area contributed by atoms with Crippen LogP contribution in [-0.4, -0.2) is 23.9 Å². The van der Waals surface area contributed by atoms with Crippen molar-refractivity contribution in [2.24, 2.45) is 0 Å². The van der Waals surface area contributed by atoms with Crippen molar-refractivity contribution in [1.29, 1.82) is 0 Å². The van der Waals surface area contributed by atoms with Crippen LogP contribution in [0.4, 0.5) is 4.79 Å². The van der Waals surface area contributed by atoms with E-state index in [-0.39, 0.29) is 12.1 Å². The molecule has 8 nitrogen and oxygen atoms in total. The predicted octanol–water partition coefficient (Wildman–Crippen LogP) is 4.20. The Kier molecular flexibility index (Phi) is 9.09. The lowest BCUT2D eigenvalue weighted by Gasteiger charge is -2.11. The molecule has 0 aliphatic carbocycles. The van der Waals surface area contributed by atoms with Crippen LogP contribution in [0.1, 0.15) is 45.7 Å². The lowest BCUT2D eigenvalue weighted by atomic mass is 10.1. The summed E-state index contributed by atoms with van der Waals surface area (Å²) in [5.41, 5.74) is 7.29. The van der Waals surface area contributed by atoms with Crippen LogP contribution in [0.3, 0.4) is 0 Å². The van der Waals surface area contributed by atoms with Gasteiger partial charge in [0.2, 0.25) is 0 Å². The Morgan fingerprint density at radius 3 is 1.80 bits per heavy atom. The van der Waals surface area contributed by atoms with Crippen molar-refractivity contribution in [3.8, 4) is 5.75 Å². The molecule has 0 heterocycles. The Morgan fingerprint density at radius 2 is 1.29 bits per heavy atom. The van der Waals surface area contributed by atoms with Crippen molar-refractivity contribution in [2.75, 3.05) is 0 Å². The van der Waals surface area contributed by atoms with Gasteiger partial charge < -0.3 is 15.4 Å². The first kappa shape index (κ1) is 25.6. The molecule has 0 saturated carbocycles. The highest BCUT2D eigenvalue weighted by Crippen LogP contribution is 2.17. The average Bonchev–Trinajstić information content (AvgIpc) is 2.85. The van der Waals surface area contributed by atoms with Crippen molar-refractivity contribution in [3.63, 3.8) is 0 Å². The normalized spacial score (nSPS) is 10.4. The van der Waals surface area contributed by atoms with E-state index in [1.54, 1.807) is 72.8 Å². The molecule has 4 amide bonds. The largest absolute Gasteiger partial charge is 0.489 e. The second kappa shape index (κ2) is 12.4. The number of carbonyl (C=O) groups is 3. The number of nitrogens with one attached hydrogen (secondary N) is 4. The summed E-state index contributed by atoms with van der Waals surface area (Å²) in [5.74, 6) is -0.205. The third-order valence-electron chi connectivity index (χ3n) is 4.81. The number of urea groups is 1. The Hall–Kier alpha value is -4.04. The number of carbonyl (C=O) groups excluding carboxylic acids is 3. The highest BCUT2D eigenvalue weighted by Gasteiger charge is 2.10. The molecule has 9 heteroatoms. The maximum atomic E-state index is 12.4. The number of hydrogen-bond donors (Lipinski definition) is 4. The van der Waals surface area contributed by atoms with E-state index in [0.29, 0.717) is 35.1 Å². The Labute approximate surface area is 209 Å². The van der Waals surface area contributed by atoms with Gasteiger partial charge in [-0.1, -0.05) is 35.9 Å². The molecule has 0 saturated heterocycles.